The molecule has 1 aliphatic rings. The van der Waals surface area contributed by atoms with Crippen LogP contribution in [0.1, 0.15) is 34.6 Å². The number of para-hydroxylation sites is 5. The van der Waals surface area contributed by atoms with E-state index in [4.69, 9.17) is 0 Å². The van der Waals surface area contributed by atoms with Crippen molar-refractivity contribution in [2.45, 2.75) is 12.3 Å². The average Bonchev–Trinajstić information content (AvgIpc) is 3.68. The van der Waals surface area contributed by atoms with Gasteiger partial charge in [-0.05, 0) is 71.7 Å². The minimum absolute atomic E-state index is 0.145. The molecule has 0 saturated carbocycles. The van der Waals surface area contributed by atoms with Gasteiger partial charge in [-0.2, -0.15) is 10.5 Å². The van der Waals surface area contributed by atoms with Crippen LogP contribution in [0.25, 0.3) is 60.6 Å². The van der Waals surface area contributed by atoms with Crippen LogP contribution in [0.2, 0.25) is 0 Å². The molecule has 48 heavy (non-hydrogen) atoms. The van der Waals surface area contributed by atoms with Gasteiger partial charge in [-0.1, -0.05) is 103 Å². The minimum atomic E-state index is 0.145. The van der Waals surface area contributed by atoms with E-state index in [1.165, 1.54) is 16.3 Å². The highest BCUT2D eigenvalue weighted by atomic mass is 15.0. The third-order valence-electron chi connectivity index (χ3n) is 9.71. The summed E-state index contributed by atoms with van der Waals surface area (Å²) in [5.74, 6) is 0.145. The van der Waals surface area contributed by atoms with Crippen molar-refractivity contribution in [1.82, 2.24) is 9.13 Å². The van der Waals surface area contributed by atoms with Gasteiger partial charge in [0.25, 0.3) is 0 Å². The molecule has 224 valence electrons. The van der Waals surface area contributed by atoms with Gasteiger partial charge < -0.3 is 9.13 Å². The van der Waals surface area contributed by atoms with Gasteiger partial charge in [0.2, 0.25) is 0 Å². The van der Waals surface area contributed by atoms with Gasteiger partial charge in [-0.3, -0.25) is 0 Å². The fraction of sp³-hybridized carbons (Fsp3) is 0.0455. The maximum absolute atomic E-state index is 10.1. The lowest BCUT2D eigenvalue weighted by Crippen LogP contribution is -2.06. The summed E-state index contributed by atoms with van der Waals surface area (Å²) in [5, 5.41) is 24.8. The summed E-state index contributed by atoms with van der Waals surface area (Å²) in [6.45, 7) is 0. The van der Waals surface area contributed by atoms with Crippen LogP contribution in [0.4, 0.5) is 0 Å². The first-order valence-electron chi connectivity index (χ1n) is 16.2. The zero-order valence-corrected chi connectivity index (χ0v) is 26.0. The molecule has 1 atom stereocenters. The Hall–Kier alpha value is -6.62. The van der Waals surface area contributed by atoms with Crippen molar-refractivity contribution in [2.24, 2.45) is 0 Å². The number of nitrogens with zero attached hydrogens (tertiary/aromatic N) is 4. The molecule has 0 fully saturated rings. The second-order valence-corrected chi connectivity index (χ2v) is 12.3. The van der Waals surface area contributed by atoms with E-state index in [0.29, 0.717) is 11.1 Å². The molecule has 2 heterocycles. The van der Waals surface area contributed by atoms with E-state index >= 15 is 0 Å². The first kappa shape index (κ1) is 27.7. The fourth-order valence-electron chi connectivity index (χ4n) is 7.60. The van der Waals surface area contributed by atoms with Gasteiger partial charge in [0.15, 0.2) is 0 Å². The summed E-state index contributed by atoms with van der Waals surface area (Å²) < 4.78 is 4.53. The number of hydrogen-bond donors (Lipinski definition) is 0. The molecule has 1 unspecified atom stereocenters. The van der Waals surface area contributed by atoms with Crippen molar-refractivity contribution in [3.63, 3.8) is 0 Å². The van der Waals surface area contributed by atoms with Crippen LogP contribution in [0.15, 0.2) is 152 Å². The van der Waals surface area contributed by atoms with Crippen LogP contribution >= 0.6 is 0 Å². The molecule has 0 aliphatic heterocycles. The maximum Gasteiger partial charge on any atom is 0.101 e. The molecule has 2 aromatic heterocycles. The standard InChI is InChI=1S/C44H28N4/c45-27-29-24-33(26-34(25-29)47-41-17-6-2-12-36(41)37-13-3-7-18-42(37)47)30-20-22-31(23-21-30)35-11-1-5-16-40(35)48-43-19-8-4-14-38(43)39-15-9-10-32(28-46)44(39)48/h1-22,24-26,31H,23H2. The number of benzene rings is 6. The van der Waals surface area contributed by atoms with E-state index in [0.717, 1.165) is 61.8 Å². The summed E-state index contributed by atoms with van der Waals surface area (Å²) in [7, 11) is 0. The van der Waals surface area contributed by atoms with Gasteiger partial charge in [-0.25, -0.2) is 0 Å². The molecular formula is C44H28N4. The second-order valence-electron chi connectivity index (χ2n) is 12.3. The van der Waals surface area contributed by atoms with Gasteiger partial charge in [0.05, 0.1) is 45.0 Å². The zero-order chi connectivity index (χ0) is 32.2. The lowest BCUT2D eigenvalue weighted by Gasteiger charge is -2.22. The fourth-order valence-corrected chi connectivity index (χ4v) is 7.60. The molecule has 9 rings (SSSR count). The van der Waals surface area contributed by atoms with Crippen molar-refractivity contribution in [3.8, 4) is 23.5 Å². The first-order chi connectivity index (χ1) is 23.7. The van der Waals surface area contributed by atoms with E-state index < -0.39 is 0 Å². The maximum atomic E-state index is 10.1. The highest BCUT2D eigenvalue weighted by Crippen LogP contribution is 2.40. The van der Waals surface area contributed by atoms with E-state index in [1.807, 2.05) is 24.3 Å². The summed E-state index contributed by atoms with van der Waals surface area (Å²) in [5.41, 5.74) is 10.9. The highest BCUT2D eigenvalue weighted by Gasteiger charge is 2.21. The number of nitriles is 2. The number of rotatable bonds is 4. The Morgan fingerprint density at radius 3 is 1.88 bits per heavy atom. The predicted octanol–water partition coefficient (Wildman–Crippen LogP) is 10.8. The lowest BCUT2D eigenvalue weighted by atomic mass is 9.87. The molecule has 0 amide bonds. The average molecular weight is 613 g/mol. The van der Waals surface area contributed by atoms with E-state index in [9.17, 15) is 10.5 Å². The van der Waals surface area contributed by atoms with Crippen LogP contribution in [0.5, 0.6) is 0 Å². The Morgan fingerprint density at radius 1 is 0.583 bits per heavy atom. The van der Waals surface area contributed by atoms with Crippen LogP contribution in [0.3, 0.4) is 0 Å². The van der Waals surface area contributed by atoms with Gasteiger partial charge in [0, 0.05) is 33.2 Å². The molecule has 4 heteroatoms. The van der Waals surface area contributed by atoms with Crippen molar-refractivity contribution in [2.75, 3.05) is 0 Å². The van der Waals surface area contributed by atoms with Gasteiger partial charge in [-0.15, -0.1) is 0 Å². The topological polar surface area (TPSA) is 57.4 Å². The molecule has 0 radical (unpaired) electrons. The Morgan fingerprint density at radius 2 is 1.21 bits per heavy atom. The number of allylic oxidation sites excluding steroid dienone is 4. The van der Waals surface area contributed by atoms with Crippen molar-refractivity contribution in [3.05, 3.63) is 174 Å². The molecule has 8 aromatic rings. The van der Waals surface area contributed by atoms with Crippen molar-refractivity contribution in [1.29, 1.82) is 10.5 Å². The molecule has 0 bridgehead atoms. The van der Waals surface area contributed by atoms with Gasteiger partial charge >= 0.3 is 0 Å². The molecular weight excluding hydrogens is 585 g/mol. The summed E-state index contributed by atoms with van der Waals surface area (Å²) in [4.78, 5) is 0. The first-order valence-corrected chi connectivity index (χ1v) is 16.2. The largest absolute Gasteiger partial charge is 0.309 e. The van der Waals surface area contributed by atoms with Crippen molar-refractivity contribution >= 4 is 49.2 Å². The zero-order valence-electron chi connectivity index (χ0n) is 26.0. The summed E-state index contributed by atoms with van der Waals surface area (Å²) >= 11 is 0. The third kappa shape index (κ3) is 4.21. The lowest BCUT2D eigenvalue weighted by molar-refractivity contribution is 0.846. The molecule has 0 N–H and O–H groups in total. The molecule has 0 spiro atoms. The summed E-state index contributed by atoms with van der Waals surface area (Å²) in [6, 6.07) is 50.8. The van der Waals surface area contributed by atoms with E-state index in [1.54, 1.807) is 0 Å². The molecule has 6 aromatic carbocycles. The Bertz CT molecular complexity index is 2680. The Balaban J connectivity index is 1.13. The number of aromatic nitrogens is 2. The molecule has 4 nitrogen and oxygen atoms in total. The Labute approximate surface area is 277 Å². The highest BCUT2D eigenvalue weighted by molar-refractivity contribution is 6.11. The molecule has 1 aliphatic carbocycles. The van der Waals surface area contributed by atoms with Gasteiger partial charge in [0.1, 0.15) is 6.07 Å². The van der Waals surface area contributed by atoms with Crippen LogP contribution in [-0.2, 0) is 0 Å². The minimum Gasteiger partial charge on any atom is -0.309 e. The normalized spacial score (nSPS) is 14.4. The third-order valence-corrected chi connectivity index (χ3v) is 9.71. The van der Waals surface area contributed by atoms with E-state index in [-0.39, 0.29) is 5.92 Å². The van der Waals surface area contributed by atoms with Crippen LogP contribution < -0.4 is 0 Å². The van der Waals surface area contributed by atoms with Crippen LogP contribution in [0, 0.1) is 22.7 Å². The second kappa shape index (κ2) is 11.0. The van der Waals surface area contributed by atoms with E-state index in [2.05, 4.69) is 149 Å². The molecule has 0 saturated heterocycles. The van der Waals surface area contributed by atoms with Crippen molar-refractivity contribution < 1.29 is 0 Å². The van der Waals surface area contributed by atoms with Crippen LogP contribution in [-0.4, -0.2) is 9.13 Å². The smallest absolute Gasteiger partial charge is 0.101 e. The Kier molecular flexibility index (Phi) is 6.35. The SMILES string of the molecule is N#Cc1cc(C2=CCC(c3ccccc3-n3c4ccccc4c4cccc(C#N)c43)C=C2)cc(-n2c3ccccc3c3ccccc32)c1. The summed E-state index contributed by atoms with van der Waals surface area (Å²) in [6.07, 6.45) is 7.59. The predicted molar refractivity (Wildman–Crippen MR) is 195 cm³/mol. The number of hydrogen-bond acceptors (Lipinski definition) is 2. The quantitative estimate of drug-likeness (QED) is 0.199. The number of fused-ring (bicyclic) bond motifs is 6. The monoisotopic (exact) mass is 612 g/mol.